The van der Waals surface area contributed by atoms with Gasteiger partial charge in [0.05, 0.1) is 23.6 Å². The number of amides is 1. The number of ether oxygens (including phenoxy) is 1. The van der Waals surface area contributed by atoms with Crippen LogP contribution in [0.3, 0.4) is 0 Å². The molecule has 1 aromatic heterocycles. The van der Waals surface area contributed by atoms with Gasteiger partial charge in [0, 0.05) is 23.1 Å². The molecule has 0 atom stereocenters. The van der Waals surface area contributed by atoms with Gasteiger partial charge in [0.15, 0.2) is 5.78 Å². The molecule has 0 unspecified atom stereocenters. The fourth-order valence-corrected chi connectivity index (χ4v) is 3.25. The van der Waals surface area contributed by atoms with Gasteiger partial charge in [-0.1, -0.05) is 13.0 Å². The predicted molar refractivity (Wildman–Crippen MR) is 125 cm³/mol. The van der Waals surface area contributed by atoms with E-state index in [9.17, 15) is 19.5 Å². The zero-order chi connectivity index (χ0) is 24.5. The molecule has 0 fully saturated rings. The number of Topliss-reactive ketones (excluding diaryl/α,β-unsaturated/α-hetero) is 1. The number of nitrogens with one attached hydrogen (secondary N) is 1. The topological polar surface area (TPSA) is 107 Å². The highest BCUT2D eigenvalue weighted by Crippen LogP contribution is 2.34. The molecule has 1 heterocycles. The van der Waals surface area contributed by atoms with E-state index in [1.54, 1.807) is 64.1 Å². The quantitative estimate of drug-likeness (QED) is 0.533. The van der Waals surface area contributed by atoms with Gasteiger partial charge in [-0.25, -0.2) is 4.79 Å². The first-order chi connectivity index (χ1) is 15.5. The van der Waals surface area contributed by atoms with Crippen LogP contribution < -0.4 is 14.9 Å². The average Bonchev–Trinajstić information content (AvgIpc) is 3.03. The van der Waals surface area contributed by atoms with Gasteiger partial charge in [-0.2, -0.15) is 0 Å². The fourth-order valence-electron chi connectivity index (χ4n) is 3.25. The zero-order valence-electron chi connectivity index (χ0n) is 19.6. The van der Waals surface area contributed by atoms with Crippen molar-refractivity contribution >= 4 is 34.3 Å². The first-order valence-electron chi connectivity index (χ1n) is 10.6. The molecular formula is C25H28N2O6. The molecule has 33 heavy (non-hydrogen) atoms. The Morgan fingerprint density at radius 1 is 1.09 bits per heavy atom. The molecule has 1 amide bonds. The van der Waals surface area contributed by atoms with E-state index in [0.717, 1.165) is 10.3 Å². The smallest absolute Gasteiger partial charge is 0.338 e. The van der Waals surface area contributed by atoms with Crippen LogP contribution >= 0.6 is 0 Å². The molecule has 2 aromatic carbocycles. The Bertz CT molecular complexity index is 1250. The lowest BCUT2D eigenvalue weighted by atomic mass is 9.98. The predicted octanol–water partition coefficient (Wildman–Crippen LogP) is 4.51. The summed E-state index contributed by atoms with van der Waals surface area (Å²) in [6.45, 7) is 8.59. The summed E-state index contributed by atoms with van der Waals surface area (Å²) in [6.07, 6.45) is 0.160. The van der Waals surface area contributed by atoms with Crippen molar-refractivity contribution in [3.05, 3.63) is 53.1 Å². The molecule has 2 N–H and O–H groups in total. The lowest BCUT2D eigenvalue weighted by molar-refractivity contribution is -0.153. The molecule has 3 rings (SSSR count). The number of hydrogen-bond donors (Lipinski definition) is 2. The maximum Gasteiger partial charge on any atom is 0.338 e. The Balaban J connectivity index is 2.05. The summed E-state index contributed by atoms with van der Waals surface area (Å²) >= 11 is 0. The van der Waals surface area contributed by atoms with Crippen LogP contribution in [0.5, 0.6) is 11.6 Å². The van der Waals surface area contributed by atoms with Gasteiger partial charge in [0.1, 0.15) is 5.75 Å². The summed E-state index contributed by atoms with van der Waals surface area (Å²) < 4.78 is 6.22. The highest BCUT2D eigenvalue weighted by molar-refractivity contribution is 6.12. The maximum atomic E-state index is 12.8. The van der Waals surface area contributed by atoms with Gasteiger partial charge in [-0.05, 0) is 63.6 Å². The summed E-state index contributed by atoms with van der Waals surface area (Å²) in [7, 11) is 1.53. The van der Waals surface area contributed by atoms with Crippen LogP contribution in [0.15, 0.2) is 36.4 Å². The van der Waals surface area contributed by atoms with E-state index in [-0.39, 0.29) is 29.2 Å². The molecule has 8 heteroatoms. The van der Waals surface area contributed by atoms with E-state index in [1.807, 2.05) is 6.92 Å². The lowest BCUT2D eigenvalue weighted by Crippen LogP contribution is -2.31. The van der Waals surface area contributed by atoms with Crippen LogP contribution in [0, 0.1) is 12.3 Å². The van der Waals surface area contributed by atoms with E-state index >= 15 is 0 Å². The molecule has 0 saturated carbocycles. The molecule has 0 spiro atoms. The number of fused-ring (bicyclic) bond motifs is 1. The highest BCUT2D eigenvalue weighted by Gasteiger charge is 2.29. The first-order valence-corrected chi connectivity index (χ1v) is 10.6. The van der Waals surface area contributed by atoms with Crippen LogP contribution in [0.1, 0.15) is 60.4 Å². The van der Waals surface area contributed by atoms with E-state index in [0.29, 0.717) is 22.4 Å². The second-order valence-electron chi connectivity index (χ2n) is 8.77. The minimum absolute atomic E-state index is 0.0651. The number of aromatic nitrogens is 1. The number of carbonyl (C=O) groups is 3. The molecular weight excluding hydrogens is 424 g/mol. The number of rotatable bonds is 6. The van der Waals surface area contributed by atoms with Crippen molar-refractivity contribution in [1.82, 2.24) is 4.73 Å². The van der Waals surface area contributed by atoms with Gasteiger partial charge in [0.25, 0.3) is 5.91 Å². The highest BCUT2D eigenvalue weighted by atomic mass is 16.7. The molecule has 0 aliphatic carbocycles. The van der Waals surface area contributed by atoms with Gasteiger partial charge < -0.3 is 20.0 Å². The lowest BCUT2D eigenvalue weighted by Gasteiger charge is -2.17. The van der Waals surface area contributed by atoms with Crippen molar-refractivity contribution in [1.29, 1.82) is 0 Å². The van der Waals surface area contributed by atoms with Crippen molar-refractivity contribution in [3.63, 3.8) is 0 Å². The second kappa shape index (κ2) is 8.97. The Labute approximate surface area is 192 Å². The third-order valence-electron chi connectivity index (χ3n) is 5.22. The van der Waals surface area contributed by atoms with Crippen molar-refractivity contribution in [2.75, 3.05) is 12.4 Å². The maximum absolute atomic E-state index is 12.8. The van der Waals surface area contributed by atoms with E-state index in [4.69, 9.17) is 9.57 Å². The summed E-state index contributed by atoms with van der Waals surface area (Å²) in [5, 5.41) is 13.9. The van der Waals surface area contributed by atoms with Crippen LogP contribution in [0.4, 0.5) is 5.69 Å². The average molecular weight is 453 g/mol. The molecule has 174 valence electrons. The van der Waals surface area contributed by atoms with Crippen molar-refractivity contribution in [2.24, 2.45) is 5.41 Å². The Morgan fingerprint density at radius 2 is 1.79 bits per heavy atom. The van der Waals surface area contributed by atoms with Crippen molar-refractivity contribution < 1.29 is 29.1 Å². The zero-order valence-corrected chi connectivity index (χ0v) is 19.6. The van der Waals surface area contributed by atoms with Gasteiger partial charge >= 0.3 is 5.97 Å². The number of methoxy groups -OCH3 is 1. The minimum atomic E-state index is -0.839. The number of nitrogens with zero attached hydrogens (tertiary/aromatic N) is 1. The first kappa shape index (κ1) is 23.8. The molecule has 8 nitrogen and oxygen atoms in total. The summed E-state index contributed by atoms with van der Waals surface area (Å²) in [4.78, 5) is 43.2. The number of hydrogen-bond acceptors (Lipinski definition) is 6. The Hall–Kier alpha value is -3.81. The molecule has 0 bridgehead atoms. The summed E-state index contributed by atoms with van der Waals surface area (Å²) in [5.41, 5.74) is 1.20. The van der Waals surface area contributed by atoms with Crippen molar-refractivity contribution in [3.8, 4) is 11.6 Å². The number of aromatic hydroxyl groups is 1. The Morgan fingerprint density at radius 3 is 2.39 bits per heavy atom. The number of aryl methyl sites for hydroxylation is 1. The van der Waals surface area contributed by atoms with E-state index in [2.05, 4.69) is 5.32 Å². The third kappa shape index (κ3) is 4.69. The normalized spacial score (nSPS) is 11.3. The molecule has 0 aliphatic rings. The fraction of sp³-hybridized carbons (Fsp3) is 0.320. The molecule has 0 radical (unpaired) electrons. The molecule has 3 aromatic rings. The van der Waals surface area contributed by atoms with E-state index in [1.165, 1.54) is 7.11 Å². The minimum Gasteiger partial charge on any atom is -0.496 e. The van der Waals surface area contributed by atoms with Crippen LogP contribution in [-0.2, 0) is 4.79 Å². The van der Waals surface area contributed by atoms with Crippen molar-refractivity contribution in [2.45, 2.75) is 41.0 Å². The molecule has 0 aliphatic heterocycles. The number of anilines is 1. The number of carbonyl (C=O) groups excluding carboxylic acids is 3. The van der Waals surface area contributed by atoms with Gasteiger partial charge in [-0.15, -0.1) is 4.73 Å². The van der Waals surface area contributed by atoms with Crippen LogP contribution in [0.25, 0.3) is 10.9 Å². The monoisotopic (exact) mass is 452 g/mol. The summed E-state index contributed by atoms with van der Waals surface area (Å²) in [6, 6.07) is 9.87. The number of benzene rings is 2. The van der Waals surface area contributed by atoms with E-state index < -0.39 is 17.3 Å². The largest absolute Gasteiger partial charge is 0.496 e. The standard InChI is InChI=1S/C25H28N2O6/c1-7-19(28)21-17-11-10-16(26-22(29)15-9-8-14(2)20(12-15)32-6)13-18(17)27(23(21)30)33-24(31)25(3,4)5/h8-13,30H,7H2,1-6H3,(H,26,29). The van der Waals surface area contributed by atoms with Crippen LogP contribution in [0.2, 0.25) is 0 Å². The SMILES string of the molecule is CCC(=O)c1c(O)n(OC(=O)C(C)(C)C)c2cc(NC(=O)c3ccc(C)c(OC)c3)ccc12. The molecule has 0 saturated heterocycles. The number of ketones is 1. The van der Waals surface area contributed by atoms with Gasteiger partial charge in [0.2, 0.25) is 5.88 Å². The summed E-state index contributed by atoms with van der Waals surface area (Å²) in [5.74, 6) is -1.13. The van der Waals surface area contributed by atoms with Gasteiger partial charge in [-0.3, -0.25) is 9.59 Å². The van der Waals surface area contributed by atoms with Crippen LogP contribution in [-0.4, -0.2) is 34.6 Å². The second-order valence-corrected chi connectivity index (χ2v) is 8.77. The Kier molecular flexibility index (Phi) is 6.48. The third-order valence-corrected chi connectivity index (χ3v) is 5.22.